The summed E-state index contributed by atoms with van der Waals surface area (Å²) in [6.45, 7) is 0. The number of sulfone groups is 1. The lowest BCUT2D eigenvalue weighted by atomic mass is 10.3. The number of hydrogen-bond donors (Lipinski definition) is 1. The van der Waals surface area contributed by atoms with Gasteiger partial charge in [-0.05, 0) is 30.7 Å². The maximum atomic E-state index is 12.0. The van der Waals surface area contributed by atoms with E-state index in [2.05, 4.69) is 17.4 Å². The average molecular weight is 304 g/mol. The molecule has 0 saturated heterocycles. The quantitative estimate of drug-likeness (QED) is 0.634. The molecule has 7 heteroatoms. The van der Waals surface area contributed by atoms with Gasteiger partial charge in [0.2, 0.25) is 0 Å². The first kappa shape index (κ1) is 15.8. The molecule has 0 spiro atoms. The van der Waals surface area contributed by atoms with Crippen molar-refractivity contribution in [3.8, 4) is 5.75 Å². The first-order valence-corrected chi connectivity index (χ1v) is 7.70. The van der Waals surface area contributed by atoms with Crippen molar-refractivity contribution in [3.63, 3.8) is 0 Å². The summed E-state index contributed by atoms with van der Waals surface area (Å²) in [4.78, 5) is 11.3. The summed E-state index contributed by atoms with van der Waals surface area (Å²) >= 11 is 4.00. The Balaban J connectivity index is 2.72. The van der Waals surface area contributed by atoms with Crippen molar-refractivity contribution in [1.82, 2.24) is 0 Å². The molecule has 0 aliphatic carbocycles. The van der Waals surface area contributed by atoms with Gasteiger partial charge in [-0.25, -0.2) is 8.42 Å². The van der Waals surface area contributed by atoms with E-state index in [9.17, 15) is 13.2 Å². The van der Waals surface area contributed by atoms with E-state index in [1.165, 1.54) is 26.4 Å². The van der Waals surface area contributed by atoms with Crippen molar-refractivity contribution < 1.29 is 22.7 Å². The molecule has 1 rings (SSSR count). The summed E-state index contributed by atoms with van der Waals surface area (Å²) in [6.07, 6.45) is 0.101. The fourth-order valence-electron chi connectivity index (χ4n) is 1.42. The lowest BCUT2D eigenvalue weighted by Gasteiger charge is -2.09. The average Bonchev–Trinajstić information content (AvgIpc) is 2.44. The van der Waals surface area contributed by atoms with Crippen molar-refractivity contribution in [3.05, 3.63) is 24.3 Å². The Morgan fingerprint density at radius 3 is 2.32 bits per heavy atom. The van der Waals surface area contributed by atoms with Gasteiger partial charge in [-0.2, -0.15) is 12.6 Å². The van der Waals surface area contributed by atoms with Gasteiger partial charge in [0.05, 0.1) is 24.9 Å². The van der Waals surface area contributed by atoms with Gasteiger partial charge in [-0.3, -0.25) is 4.79 Å². The fourth-order valence-corrected chi connectivity index (χ4v) is 3.16. The lowest BCUT2D eigenvalue weighted by Crippen LogP contribution is -2.20. The van der Waals surface area contributed by atoms with Crippen LogP contribution in [-0.2, 0) is 19.4 Å². The van der Waals surface area contributed by atoms with E-state index >= 15 is 0 Å². The van der Waals surface area contributed by atoms with E-state index in [1.54, 1.807) is 12.1 Å². The normalized spacial score (nSPS) is 12.8. The van der Waals surface area contributed by atoms with Crippen LogP contribution in [0.3, 0.4) is 0 Å². The van der Waals surface area contributed by atoms with Gasteiger partial charge in [0.25, 0.3) is 0 Å². The first-order chi connectivity index (χ1) is 8.90. The molecule has 0 saturated carbocycles. The smallest absolute Gasteiger partial charge is 0.318 e. The van der Waals surface area contributed by atoms with Crippen LogP contribution in [0.1, 0.15) is 6.42 Å². The minimum Gasteiger partial charge on any atom is -0.497 e. The van der Waals surface area contributed by atoms with Crippen LogP contribution in [-0.4, -0.2) is 39.6 Å². The molecule has 0 radical (unpaired) electrons. The standard InChI is InChI=1S/C12H16O5S2/c1-16-9-3-5-10(6-4-9)19(14,15)8-7-11(18)12(13)17-2/h3-6,11,18H,7-8H2,1-2H3. The van der Waals surface area contributed by atoms with Crippen LogP contribution in [0.2, 0.25) is 0 Å². The van der Waals surface area contributed by atoms with Crippen molar-refractivity contribution in [2.75, 3.05) is 20.0 Å². The minimum atomic E-state index is -3.43. The van der Waals surface area contributed by atoms with Crippen molar-refractivity contribution in [1.29, 1.82) is 0 Å². The second kappa shape index (κ2) is 6.81. The number of thiol groups is 1. The Labute approximate surface area is 118 Å². The third kappa shape index (κ3) is 4.43. The molecule has 0 bridgehead atoms. The zero-order chi connectivity index (χ0) is 14.5. The van der Waals surface area contributed by atoms with Gasteiger partial charge in [0.15, 0.2) is 9.84 Å². The second-order valence-corrected chi connectivity index (χ2v) is 6.55. The predicted octanol–water partition coefficient (Wildman–Crippen LogP) is 1.33. The van der Waals surface area contributed by atoms with Crippen LogP contribution < -0.4 is 4.74 Å². The zero-order valence-corrected chi connectivity index (χ0v) is 12.4. The van der Waals surface area contributed by atoms with E-state index in [-0.39, 0.29) is 17.1 Å². The number of ether oxygens (including phenoxy) is 2. The number of methoxy groups -OCH3 is 2. The third-order valence-electron chi connectivity index (χ3n) is 2.55. The molecular formula is C12H16O5S2. The second-order valence-electron chi connectivity index (χ2n) is 3.82. The number of carbonyl (C=O) groups excluding carboxylic acids is 1. The highest BCUT2D eigenvalue weighted by molar-refractivity contribution is 7.91. The Morgan fingerprint density at radius 2 is 1.84 bits per heavy atom. The van der Waals surface area contributed by atoms with E-state index in [1.807, 2.05) is 0 Å². The highest BCUT2D eigenvalue weighted by atomic mass is 32.2. The predicted molar refractivity (Wildman–Crippen MR) is 74.5 cm³/mol. The number of carbonyl (C=O) groups is 1. The first-order valence-electron chi connectivity index (χ1n) is 5.53. The number of esters is 1. The molecule has 1 aromatic rings. The van der Waals surface area contributed by atoms with Crippen LogP contribution in [0.4, 0.5) is 0 Å². The molecule has 0 aliphatic rings. The summed E-state index contributed by atoms with van der Waals surface area (Å²) in [7, 11) is -0.689. The maximum absolute atomic E-state index is 12.0. The molecule has 1 unspecified atom stereocenters. The SMILES string of the molecule is COC(=O)C(S)CCS(=O)(=O)c1ccc(OC)cc1. The maximum Gasteiger partial charge on any atom is 0.318 e. The fraction of sp³-hybridized carbons (Fsp3) is 0.417. The van der Waals surface area contributed by atoms with Gasteiger partial charge < -0.3 is 9.47 Å². The van der Waals surface area contributed by atoms with Crippen molar-refractivity contribution in [2.24, 2.45) is 0 Å². The molecular weight excluding hydrogens is 288 g/mol. The molecule has 106 valence electrons. The Morgan fingerprint density at radius 1 is 1.26 bits per heavy atom. The molecule has 1 aromatic carbocycles. The van der Waals surface area contributed by atoms with Crippen molar-refractivity contribution in [2.45, 2.75) is 16.6 Å². The van der Waals surface area contributed by atoms with Gasteiger partial charge >= 0.3 is 5.97 Å². The van der Waals surface area contributed by atoms with E-state index < -0.39 is 21.1 Å². The van der Waals surface area contributed by atoms with Crippen LogP contribution in [0.5, 0.6) is 5.75 Å². The van der Waals surface area contributed by atoms with Gasteiger partial charge in [0, 0.05) is 0 Å². The van der Waals surface area contributed by atoms with Gasteiger partial charge in [0.1, 0.15) is 11.0 Å². The monoisotopic (exact) mass is 304 g/mol. The molecule has 0 aromatic heterocycles. The van der Waals surface area contributed by atoms with E-state index in [0.717, 1.165) is 0 Å². The Hall–Kier alpha value is -1.21. The number of rotatable bonds is 6. The zero-order valence-electron chi connectivity index (χ0n) is 10.7. The minimum absolute atomic E-state index is 0.101. The molecule has 0 amide bonds. The third-order valence-corrected chi connectivity index (χ3v) is 4.78. The van der Waals surface area contributed by atoms with Crippen molar-refractivity contribution >= 4 is 28.4 Å². The molecule has 5 nitrogen and oxygen atoms in total. The molecule has 0 N–H and O–H groups in total. The summed E-state index contributed by atoms with van der Waals surface area (Å²) in [5, 5.41) is -0.738. The number of benzene rings is 1. The summed E-state index contributed by atoms with van der Waals surface area (Å²) in [5.41, 5.74) is 0. The van der Waals surface area contributed by atoms with Gasteiger partial charge in [-0.1, -0.05) is 0 Å². The highest BCUT2D eigenvalue weighted by Crippen LogP contribution is 2.18. The van der Waals surface area contributed by atoms with Crippen LogP contribution in [0.15, 0.2) is 29.2 Å². The van der Waals surface area contributed by atoms with Gasteiger partial charge in [-0.15, -0.1) is 0 Å². The number of hydrogen-bond acceptors (Lipinski definition) is 6. The van der Waals surface area contributed by atoms with E-state index in [0.29, 0.717) is 5.75 Å². The molecule has 1 atom stereocenters. The largest absolute Gasteiger partial charge is 0.497 e. The van der Waals surface area contributed by atoms with E-state index in [4.69, 9.17) is 4.74 Å². The van der Waals surface area contributed by atoms with Crippen LogP contribution in [0.25, 0.3) is 0 Å². The van der Waals surface area contributed by atoms with Crippen LogP contribution in [0, 0.1) is 0 Å². The Kier molecular flexibility index (Phi) is 5.68. The summed E-state index contributed by atoms with van der Waals surface area (Å²) in [6, 6.07) is 6.09. The molecule has 0 aliphatic heterocycles. The molecule has 19 heavy (non-hydrogen) atoms. The topological polar surface area (TPSA) is 69.7 Å². The highest BCUT2D eigenvalue weighted by Gasteiger charge is 2.20. The Bertz CT molecular complexity index is 522. The molecule has 0 heterocycles. The summed E-state index contributed by atoms with van der Waals surface area (Å²) in [5.74, 6) is -0.114. The molecule has 0 fully saturated rings. The lowest BCUT2D eigenvalue weighted by molar-refractivity contribution is -0.139. The van der Waals surface area contributed by atoms with Crippen LogP contribution >= 0.6 is 12.6 Å². The summed E-state index contributed by atoms with van der Waals surface area (Å²) < 4.78 is 33.5.